The number of carbonyl (C=O) groups excluding carboxylic acids is 2. The van der Waals surface area contributed by atoms with Crippen molar-refractivity contribution < 1.29 is 14.3 Å². The molecule has 0 saturated carbocycles. The second-order valence-corrected chi connectivity index (χ2v) is 7.29. The standard InChI is InChI=1S/C22H35N5O3.HI/c1-4-7-20(28)25-18-10-8-17(9-11-18)16-24-21(23-5-2)26-19-12-14-27(15-13-19)22(29)30-6-3;/h8-11,19H,4-7,12-16H2,1-3H3,(H,25,28)(H2,23,24,26);1H. The fourth-order valence-corrected chi connectivity index (χ4v) is 3.25. The molecule has 8 nitrogen and oxygen atoms in total. The molecule has 9 heteroatoms. The van der Waals surface area contributed by atoms with Gasteiger partial charge in [-0.25, -0.2) is 9.79 Å². The molecule has 31 heavy (non-hydrogen) atoms. The number of aliphatic imine (C=N–C) groups is 1. The lowest BCUT2D eigenvalue weighted by Crippen LogP contribution is -2.49. The summed E-state index contributed by atoms with van der Waals surface area (Å²) in [4.78, 5) is 30.0. The monoisotopic (exact) mass is 545 g/mol. The first-order chi connectivity index (χ1) is 14.5. The highest BCUT2D eigenvalue weighted by Crippen LogP contribution is 2.13. The summed E-state index contributed by atoms with van der Waals surface area (Å²) in [5.74, 6) is 0.809. The minimum atomic E-state index is -0.231. The maximum atomic E-state index is 11.8. The summed E-state index contributed by atoms with van der Waals surface area (Å²) in [5.41, 5.74) is 1.87. The number of likely N-dealkylation sites (tertiary alicyclic amines) is 1. The van der Waals surface area contributed by atoms with Gasteiger partial charge >= 0.3 is 6.09 Å². The highest BCUT2D eigenvalue weighted by Gasteiger charge is 2.24. The van der Waals surface area contributed by atoms with Crippen LogP contribution in [0.4, 0.5) is 10.5 Å². The third-order valence-electron chi connectivity index (χ3n) is 4.84. The molecule has 3 N–H and O–H groups in total. The molecule has 0 spiro atoms. The van der Waals surface area contributed by atoms with E-state index in [1.165, 1.54) is 0 Å². The van der Waals surface area contributed by atoms with Gasteiger partial charge in [0.25, 0.3) is 0 Å². The molecule has 0 atom stereocenters. The summed E-state index contributed by atoms with van der Waals surface area (Å²) in [6.45, 7) is 8.93. The van der Waals surface area contributed by atoms with Crippen molar-refractivity contribution in [3.63, 3.8) is 0 Å². The van der Waals surface area contributed by atoms with E-state index in [1.54, 1.807) is 4.90 Å². The van der Waals surface area contributed by atoms with Crippen LogP contribution in [0.3, 0.4) is 0 Å². The number of rotatable bonds is 8. The summed E-state index contributed by atoms with van der Waals surface area (Å²) in [6, 6.07) is 8.04. The molecular formula is C22H36IN5O3. The third kappa shape index (κ3) is 9.75. The number of hydrogen-bond donors (Lipinski definition) is 3. The van der Waals surface area contributed by atoms with Crippen LogP contribution < -0.4 is 16.0 Å². The molecule has 2 rings (SSSR count). The van der Waals surface area contributed by atoms with Gasteiger partial charge in [0, 0.05) is 37.8 Å². The lowest BCUT2D eigenvalue weighted by atomic mass is 10.1. The number of carbonyl (C=O) groups is 2. The van der Waals surface area contributed by atoms with Crippen LogP contribution in [0.2, 0.25) is 0 Å². The van der Waals surface area contributed by atoms with Gasteiger partial charge in [-0.1, -0.05) is 19.1 Å². The lowest BCUT2D eigenvalue weighted by molar-refractivity contribution is -0.116. The number of nitrogens with zero attached hydrogens (tertiary/aromatic N) is 2. The van der Waals surface area contributed by atoms with Crippen molar-refractivity contribution in [1.29, 1.82) is 0 Å². The second kappa shape index (κ2) is 14.9. The van der Waals surface area contributed by atoms with Gasteiger partial charge in [0.2, 0.25) is 5.91 Å². The van der Waals surface area contributed by atoms with Crippen molar-refractivity contribution in [3.05, 3.63) is 29.8 Å². The van der Waals surface area contributed by atoms with Crippen LogP contribution in [0.15, 0.2) is 29.3 Å². The number of guanidine groups is 1. The summed E-state index contributed by atoms with van der Waals surface area (Å²) in [6.07, 6.45) is 2.85. The predicted octanol–water partition coefficient (Wildman–Crippen LogP) is 3.72. The van der Waals surface area contributed by atoms with E-state index < -0.39 is 0 Å². The number of nitrogens with one attached hydrogen (secondary N) is 3. The molecule has 1 saturated heterocycles. The molecule has 1 aromatic carbocycles. The Morgan fingerprint density at radius 2 is 1.81 bits per heavy atom. The second-order valence-electron chi connectivity index (χ2n) is 7.29. The van der Waals surface area contributed by atoms with E-state index in [1.807, 2.05) is 45.0 Å². The zero-order valence-corrected chi connectivity index (χ0v) is 21.1. The van der Waals surface area contributed by atoms with E-state index in [0.29, 0.717) is 32.7 Å². The highest BCUT2D eigenvalue weighted by molar-refractivity contribution is 14.0. The minimum absolute atomic E-state index is 0. The Hall–Kier alpha value is -2.04. The fraction of sp³-hybridized carbons (Fsp3) is 0.591. The van der Waals surface area contributed by atoms with Crippen LogP contribution in [-0.4, -0.2) is 55.1 Å². The van der Waals surface area contributed by atoms with Gasteiger partial charge in [0.05, 0.1) is 13.2 Å². The van der Waals surface area contributed by atoms with Crippen molar-refractivity contribution in [3.8, 4) is 0 Å². The quantitative estimate of drug-likeness (QED) is 0.263. The van der Waals surface area contributed by atoms with Crippen LogP contribution in [0.5, 0.6) is 0 Å². The first kappa shape index (κ1) is 27.0. The van der Waals surface area contributed by atoms with Crippen molar-refractivity contribution in [1.82, 2.24) is 15.5 Å². The Kier molecular flexibility index (Phi) is 13.0. The van der Waals surface area contributed by atoms with Crippen molar-refractivity contribution in [2.24, 2.45) is 4.99 Å². The van der Waals surface area contributed by atoms with Crippen molar-refractivity contribution in [2.75, 3.05) is 31.6 Å². The minimum Gasteiger partial charge on any atom is -0.450 e. The summed E-state index contributed by atoms with van der Waals surface area (Å²) in [5, 5.41) is 9.65. The molecule has 174 valence electrons. The smallest absolute Gasteiger partial charge is 0.409 e. The van der Waals surface area contributed by atoms with Crippen LogP contribution in [-0.2, 0) is 16.1 Å². The molecule has 1 fully saturated rings. The predicted molar refractivity (Wildman–Crippen MR) is 135 cm³/mol. The number of piperidine rings is 1. The molecule has 0 radical (unpaired) electrons. The van der Waals surface area contributed by atoms with Gasteiger partial charge < -0.3 is 25.6 Å². The van der Waals surface area contributed by atoms with Gasteiger partial charge in [-0.2, -0.15) is 0 Å². The van der Waals surface area contributed by atoms with Crippen LogP contribution >= 0.6 is 24.0 Å². The first-order valence-electron chi connectivity index (χ1n) is 10.9. The fourth-order valence-electron chi connectivity index (χ4n) is 3.25. The number of amides is 2. The zero-order chi connectivity index (χ0) is 21.8. The lowest BCUT2D eigenvalue weighted by Gasteiger charge is -2.32. The largest absolute Gasteiger partial charge is 0.450 e. The topological polar surface area (TPSA) is 95.1 Å². The Morgan fingerprint density at radius 1 is 1.13 bits per heavy atom. The van der Waals surface area contributed by atoms with Crippen molar-refractivity contribution in [2.45, 2.75) is 59.0 Å². The maximum absolute atomic E-state index is 11.8. The Labute approximate surface area is 202 Å². The SMILES string of the molecule is CCCC(=O)Nc1ccc(CN=C(NCC)NC2CCN(C(=O)OCC)CC2)cc1.I. The highest BCUT2D eigenvalue weighted by atomic mass is 127. The third-order valence-corrected chi connectivity index (χ3v) is 4.84. The molecule has 2 amide bonds. The van der Waals surface area contributed by atoms with Gasteiger partial charge in [0.15, 0.2) is 5.96 Å². The van der Waals surface area contributed by atoms with Gasteiger partial charge in [-0.3, -0.25) is 4.79 Å². The first-order valence-corrected chi connectivity index (χ1v) is 10.9. The average Bonchev–Trinajstić information content (AvgIpc) is 2.74. The number of benzene rings is 1. The molecule has 0 aliphatic carbocycles. The van der Waals surface area contributed by atoms with E-state index in [0.717, 1.165) is 43.0 Å². The van der Waals surface area contributed by atoms with Gasteiger partial charge in [0.1, 0.15) is 0 Å². The summed E-state index contributed by atoms with van der Waals surface area (Å²) < 4.78 is 5.07. The molecule has 0 unspecified atom stereocenters. The van der Waals surface area contributed by atoms with Crippen molar-refractivity contribution >= 4 is 47.6 Å². The van der Waals surface area contributed by atoms with Crippen LogP contribution in [0.25, 0.3) is 0 Å². The number of hydrogen-bond acceptors (Lipinski definition) is 4. The molecular weight excluding hydrogens is 509 g/mol. The normalized spacial score (nSPS) is 14.4. The van der Waals surface area contributed by atoms with Crippen LogP contribution in [0.1, 0.15) is 52.0 Å². The van der Waals surface area contributed by atoms with E-state index in [-0.39, 0.29) is 42.0 Å². The zero-order valence-electron chi connectivity index (χ0n) is 18.8. The molecule has 1 aliphatic rings. The molecule has 0 bridgehead atoms. The van der Waals surface area contributed by atoms with E-state index in [2.05, 4.69) is 20.9 Å². The van der Waals surface area contributed by atoms with E-state index in [9.17, 15) is 9.59 Å². The Bertz CT molecular complexity index is 704. The molecule has 1 aliphatic heterocycles. The van der Waals surface area contributed by atoms with E-state index >= 15 is 0 Å². The van der Waals surface area contributed by atoms with E-state index in [4.69, 9.17) is 4.74 Å². The molecule has 1 aromatic rings. The Balaban J connectivity index is 0.00000480. The maximum Gasteiger partial charge on any atom is 0.409 e. The van der Waals surface area contributed by atoms with Gasteiger partial charge in [-0.05, 0) is 50.8 Å². The summed E-state index contributed by atoms with van der Waals surface area (Å²) in [7, 11) is 0. The average molecular weight is 545 g/mol. The summed E-state index contributed by atoms with van der Waals surface area (Å²) >= 11 is 0. The number of anilines is 1. The Morgan fingerprint density at radius 3 is 2.39 bits per heavy atom. The number of ether oxygens (including phenoxy) is 1. The molecule has 1 heterocycles. The van der Waals surface area contributed by atoms with Gasteiger partial charge in [-0.15, -0.1) is 24.0 Å². The molecule has 0 aromatic heterocycles. The number of halogens is 1. The van der Waals surface area contributed by atoms with Crippen LogP contribution in [0, 0.1) is 0 Å².